The van der Waals surface area contributed by atoms with Gasteiger partial charge in [-0.3, -0.25) is 0 Å². The van der Waals surface area contributed by atoms with E-state index >= 15 is 0 Å². The van der Waals surface area contributed by atoms with Crippen LogP contribution in [0.15, 0.2) is 85.0 Å². The summed E-state index contributed by atoms with van der Waals surface area (Å²) in [4.78, 5) is 47.8. The second-order valence-corrected chi connectivity index (χ2v) is 10.9. The summed E-state index contributed by atoms with van der Waals surface area (Å²) in [6.07, 6.45) is 3.38. The number of ether oxygens (including phenoxy) is 8. The maximum absolute atomic E-state index is 12.5. The SMILES string of the molecule is C=C(C)C(=O)OCCOc1ccc(/C=C/C(=O)O[C@H]2CO[C@H]3[C@@H]2OC[C@H]3OC(=O)/C=C/c2ccc(OCCOC(=O)C(=C)C)cc2)cc1. The van der Waals surface area contributed by atoms with E-state index < -0.39 is 48.3 Å². The van der Waals surface area contributed by atoms with Crippen LogP contribution in [0.1, 0.15) is 25.0 Å². The van der Waals surface area contributed by atoms with E-state index in [0.29, 0.717) is 22.6 Å². The van der Waals surface area contributed by atoms with Crippen molar-refractivity contribution >= 4 is 36.0 Å². The highest BCUT2D eigenvalue weighted by molar-refractivity contribution is 5.88. The smallest absolute Gasteiger partial charge is 0.333 e. The predicted octanol–water partition coefficient (Wildman–Crippen LogP) is 4.03. The summed E-state index contributed by atoms with van der Waals surface area (Å²) in [5.74, 6) is -0.918. The second kappa shape index (κ2) is 17.6. The van der Waals surface area contributed by atoms with Crippen LogP contribution in [0, 0.1) is 0 Å². The molecule has 254 valence electrons. The van der Waals surface area contributed by atoms with Crippen LogP contribution in [0.5, 0.6) is 11.5 Å². The fraction of sp³-hybridized carbons (Fsp3) is 0.333. The van der Waals surface area contributed by atoms with Crippen LogP contribution in [0.3, 0.4) is 0 Å². The highest BCUT2D eigenvalue weighted by atomic mass is 16.7. The molecule has 0 aliphatic carbocycles. The average molecular weight is 663 g/mol. The molecule has 0 aromatic heterocycles. The lowest BCUT2D eigenvalue weighted by Gasteiger charge is -2.16. The lowest BCUT2D eigenvalue weighted by atomic mass is 10.1. The molecule has 0 radical (unpaired) electrons. The number of hydrogen-bond acceptors (Lipinski definition) is 12. The Morgan fingerprint density at radius 1 is 0.646 bits per heavy atom. The number of hydrogen-bond donors (Lipinski definition) is 0. The van der Waals surface area contributed by atoms with Crippen molar-refractivity contribution in [3.8, 4) is 11.5 Å². The predicted molar refractivity (Wildman–Crippen MR) is 173 cm³/mol. The van der Waals surface area contributed by atoms with Crippen LogP contribution >= 0.6 is 0 Å². The number of fused-ring (bicyclic) bond motifs is 1. The van der Waals surface area contributed by atoms with Gasteiger partial charge in [0, 0.05) is 23.3 Å². The van der Waals surface area contributed by atoms with Gasteiger partial charge in [-0.25, -0.2) is 19.2 Å². The first-order valence-electron chi connectivity index (χ1n) is 15.2. The number of carbonyl (C=O) groups is 4. The third kappa shape index (κ3) is 11.0. The fourth-order valence-corrected chi connectivity index (χ4v) is 4.52. The van der Waals surface area contributed by atoms with Crippen LogP contribution in [0.4, 0.5) is 0 Å². The van der Waals surface area contributed by atoms with Crippen LogP contribution in [0.25, 0.3) is 12.2 Å². The highest BCUT2D eigenvalue weighted by Crippen LogP contribution is 2.31. The number of benzene rings is 2. The average Bonchev–Trinajstić information content (AvgIpc) is 3.66. The maximum Gasteiger partial charge on any atom is 0.333 e. The summed E-state index contributed by atoms with van der Waals surface area (Å²) in [6.45, 7) is 11.0. The molecule has 12 heteroatoms. The third-order valence-electron chi connectivity index (χ3n) is 6.95. The van der Waals surface area contributed by atoms with Crippen LogP contribution < -0.4 is 9.47 Å². The molecule has 2 fully saturated rings. The van der Waals surface area contributed by atoms with E-state index in [1.807, 2.05) is 0 Å². The van der Waals surface area contributed by atoms with Gasteiger partial charge in [-0.2, -0.15) is 0 Å². The van der Waals surface area contributed by atoms with Crippen molar-refractivity contribution in [1.29, 1.82) is 0 Å². The van der Waals surface area contributed by atoms with Crippen molar-refractivity contribution in [2.75, 3.05) is 39.6 Å². The van der Waals surface area contributed by atoms with Gasteiger partial charge in [0.2, 0.25) is 0 Å². The van der Waals surface area contributed by atoms with Crippen LogP contribution in [-0.2, 0) is 47.6 Å². The van der Waals surface area contributed by atoms with E-state index in [2.05, 4.69) is 13.2 Å². The van der Waals surface area contributed by atoms with Gasteiger partial charge in [0.15, 0.2) is 12.2 Å². The van der Waals surface area contributed by atoms with Gasteiger partial charge < -0.3 is 37.9 Å². The van der Waals surface area contributed by atoms with Crippen molar-refractivity contribution in [3.63, 3.8) is 0 Å². The Bertz CT molecular complexity index is 1410. The first-order chi connectivity index (χ1) is 23.1. The molecule has 0 unspecified atom stereocenters. The standard InChI is InChI=1S/C36H38O12/c1-23(2)35(39)43-19-17-41-27-11-5-25(6-12-27)9-15-31(37)47-29-21-45-34-30(22-46-33(29)34)48-32(38)16-10-26-7-13-28(14-8-26)42-18-20-44-36(40)24(3)4/h5-16,29-30,33-34H,1,3,17-22H2,2,4H3/b15-9+,16-10+/t29-,30+,33-,34-/m1/s1. The molecule has 2 heterocycles. The van der Waals surface area contributed by atoms with Crippen molar-refractivity contribution < 1.29 is 57.1 Å². The van der Waals surface area contributed by atoms with Gasteiger partial charge in [0.1, 0.15) is 50.1 Å². The van der Waals surface area contributed by atoms with Crippen molar-refractivity contribution in [3.05, 3.63) is 96.1 Å². The molecule has 4 atom stereocenters. The molecule has 0 spiro atoms. The Morgan fingerprint density at radius 2 is 1.02 bits per heavy atom. The second-order valence-electron chi connectivity index (χ2n) is 10.9. The van der Waals surface area contributed by atoms with Gasteiger partial charge in [-0.05, 0) is 61.4 Å². The van der Waals surface area contributed by atoms with Gasteiger partial charge in [-0.1, -0.05) is 37.4 Å². The van der Waals surface area contributed by atoms with E-state index in [1.54, 1.807) is 74.5 Å². The molecule has 0 saturated carbocycles. The number of rotatable bonds is 16. The normalized spacial score (nSPS) is 19.8. The molecular weight excluding hydrogens is 624 g/mol. The third-order valence-corrected chi connectivity index (χ3v) is 6.95. The Hall–Kier alpha value is -5.20. The number of esters is 4. The van der Waals surface area contributed by atoms with Crippen LogP contribution in [-0.4, -0.2) is 87.9 Å². The first kappa shape index (κ1) is 35.7. The molecular formula is C36H38O12. The van der Waals surface area contributed by atoms with E-state index in [4.69, 9.17) is 37.9 Å². The van der Waals surface area contributed by atoms with Crippen LogP contribution in [0.2, 0.25) is 0 Å². The molecule has 2 aliphatic heterocycles. The zero-order valence-corrected chi connectivity index (χ0v) is 26.8. The maximum atomic E-state index is 12.5. The lowest BCUT2D eigenvalue weighted by Crippen LogP contribution is -2.35. The lowest BCUT2D eigenvalue weighted by molar-refractivity contribution is -0.149. The van der Waals surface area contributed by atoms with Gasteiger partial charge in [0.05, 0.1) is 13.2 Å². The van der Waals surface area contributed by atoms with E-state index in [0.717, 1.165) is 11.1 Å². The molecule has 2 aliphatic rings. The Labute approximate surface area is 278 Å². The summed E-state index contributed by atoms with van der Waals surface area (Å²) in [7, 11) is 0. The van der Waals surface area contributed by atoms with Crippen molar-refractivity contribution in [2.24, 2.45) is 0 Å². The van der Waals surface area contributed by atoms with Gasteiger partial charge in [-0.15, -0.1) is 0 Å². The molecule has 48 heavy (non-hydrogen) atoms. The first-order valence-corrected chi connectivity index (χ1v) is 15.2. The largest absolute Gasteiger partial charge is 0.490 e. The summed E-state index contributed by atoms with van der Waals surface area (Å²) in [6, 6.07) is 14.0. The highest BCUT2D eigenvalue weighted by Gasteiger charge is 2.51. The zero-order valence-electron chi connectivity index (χ0n) is 26.8. The fourth-order valence-electron chi connectivity index (χ4n) is 4.52. The molecule has 0 bridgehead atoms. The monoisotopic (exact) mass is 662 g/mol. The minimum Gasteiger partial charge on any atom is -0.490 e. The quantitative estimate of drug-likeness (QED) is 0.111. The summed E-state index contributed by atoms with van der Waals surface area (Å²) in [5, 5.41) is 0. The van der Waals surface area contributed by atoms with Crippen molar-refractivity contribution in [2.45, 2.75) is 38.3 Å². The summed E-state index contributed by atoms with van der Waals surface area (Å²) < 4.78 is 43.7. The molecule has 4 rings (SSSR count). The van der Waals surface area contributed by atoms with Gasteiger partial charge in [0.25, 0.3) is 0 Å². The molecule has 2 saturated heterocycles. The summed E-state index contributed by atoms with van der Waals surface area (Å²) >= 11 is 0. The van der Waals surface area contributed by atoms with Crippen molar-refractivity contribution in [1.82, 2.24) is 0 Å². The minimum absolute atomic E-state index is 0.100. The Kier molecular flexibility index (Phi) is 13.1. The Morgan fingerprint density at radius 3 is 1.38 bits per heavy atom. The topological polar surface area (TPSA) is 142 Å². The van der Waals surface area contributed by atoms with Gasteiger partial charge >= 0.3 is 23.9 Å². The van der Waals surface area contributed by atoms with E-state index in [1.165, 1.54) is 12.2 Å². The molecule has 0 amide bonds. The molecule has 0 N–H and O–H groups in total. The zero-order chi connectivity index (χ0) is 34.5. The summed E-state index contributed by atoms with van der Waals surface area (Å²) in [5.41, 5.74) is 2.13. The number of carbonyl (C=O) groups excluding carboxylic acids is 4. The molecule has 2 aromatic carbocycles. The Balaban J connectivity index is 1.15. The van der Waals surface area contributed by atoms with E-state index in [-0.39, 0.29) is 39.6 Å². The van der Waals surface area contributed by atoms with E-state index in [9.17, 15) is 19.2 Å². The molecule has 2 aromatic rings. The molecule has 12 nitrogen and oxygen atoms in total. The minimum atomic E-state index is -0.653.